The van der Waals surface area contributed by atoms with Crippen molar-refractivity contribution >= 4 is 27.1 Å². The van der Waals surface area contributed by atoms with Crippen LogP contribution in [-0.2, 0) is 16.0 Å². The SMILES string of the molecule is COc1cc(S(=O)(=O)c2c(Cl)cccc2C(F)(F)F)cc([N+](=O)[O-])c1O. The number of nitrogens with zero attached hydrogens (tertiary/aromatic N) is 1. The van der Waals surface area contributed by atoms with Crippen LogP contribution in [0.4, 0.5) is 18.9 Å². The van der Waals surface area contributed by atoms with Gasteiger partial charge in [0.2, 0.25) is 15.6 Å². The zero-order chi connectivity index (χ0) is 19.9. The number of alkyl halides is 3. The summed E-state index contributed by atoms with van der Waals surface area (Å²) in [4.78, 5) is 7.74. The molecule has 26 heavy (non-hydrogen) atoms. The minimum absolute atomic E-state index is 0.427. The van der Waals surface area contributed by atoms with Crippen LogP contribution in [0.15, 0.2) is 40.1 Å². The summed E-state index contributed by atoms with van der Waals surface area (Å²) in [6.07, 6.45) is -5.04. The fourth-order valence-corrected chi connectivity index (χ4v) is 4.18. The van der Waals surface area contributed by atoms with Crippen molar-refractivity contribution in [2.45, 2.75) is 16.0 Å². The molecule has 1 N–H and O–H groups in total. The number of methoxy groups -OCH3 is 1. The zero-order valence-electron chi connectivity index (χ0n) is 12.7. The second kappa shape index (κ2) is 6.65. The zero-order valence-corrected chi connectivity index (χ0v) is 14.3. The van der Waals surface area contributed by atoms with Gasteiger partial charge in [0.1, 0.15) is 4.90 Å². The Labute approximate surface area is 149 Å². The number of ether oxygens (including phenoxy) is 1. The van der Waals surface area contributed by atoms with E-state index in [0.717, 1.165) is 19.2 Å². The van der Waals surface area contributed by atoms with E-state index in [1.54, 1.807) is 0 Å². The van der Waals surface area contributed by atoms with Gasteiger partial charge in [0.25, 0.3) is 0 Å². The van der Waals surface area contributed by atoms with Crippen LogP contribution in [0.5, 0.6) is 11.5 Å². The Balaban J connectivity index is 2.86. The summed E-state index contributed by atoms with van der Waals surface area (Å²) in [5.41, 5.74) is -2.58. The Morgan fingerprint density at radius 3 is 2.38 bits per heavy atom. The Morgan fingerprint density at radius 2 is 1.88 bits per heavy atom. The maximum absolute atomic E-state index is 13.2. The minimum Gasteiger partial charge on any atom is -0.500 e. The molecule has 7 nitrogen and oxygen atoms in total. The van der Waals surface area contributed by atoms with E-state index in [-0.39, 0.29) is 0 Å². The number of hydrogen-bond donors (Lipinski definition) is 1. The van der Waals surface area contributed by atoms with Crippen LogP contribution in [-0.4, -0.2) is 25.6 Å². The molecule has 140 valence electrons. The first kappa shape index (κ1) is 19.8. The van der Waals surface area contributed by atoms with Crippen LogP contribution in [0.25, 0.3) is 0 Å². The number of nitro benzene ring substituents is 1. The quantitative estimate of drug-likeness (QED) is 0.605. The summed E-state index contributed by atoms with van der Waals surface area (Å²) in [6, 6.07) is 3.47. The van der Waals surface area contributed by atoms with E-state index in [1.165, 1.54) is 0 Å². The van der Waals surface area contributed by atoms with Crippen molar-refractivity contribution in [1.29, 1.82) is 0 Å². The molecule has 2 aromatic rings. The van der Waals surface area contributed by atoms with Crippen LogP contribution in [0.3, 0.4) is 0 Å². The molecule has 12 heteroatoms. The molecule has 0 aliphatic heterocycles. The van der Waals surface area contributed by atoms with Gasteiger partial charge in [-0.1, -0.05) is 17.7 Å². The molecule has 2 rings (SSSR count). The van der Waals surface area contributed by atoms with Gasteiger partial charge in [-0.05, 0) is 12.1 Å². The summed E-state index contributed by atoms with van der Waals surface area (Å²) < 4.78 is 69.7. The average Bonchev–Trinajstić information content (AvgIpc) is 2.53. The molecule has 0 heterocycles. The minimum atomic E-state index is -5.04. The van der Waals surface area contributed by atoms with Crippen LogP contribution < -0.4 is 4.74 Å². The second-order valence-corrected chi connectivity index (χ2v) is 7.16. The van der Waals surface area contributed by atoms with E-state index < -0.39 is 58.5 Å². The summed E-state index contributed by atoms with van der Waals surface area (Å²) in [7, 11) is -3.94. The number of hydrogen-bond acceptors (Lipinski definition) is 6. The first-order valence-electron chi connectivity index (χ1n) is 6.57. The van der Waals surface area contributed by atoms with Gasteiger partial charge in [-0.3, -0.25) is 10.1 Å². The van der Waals surface area contributed by atoms with Gasteiger partial charge >= 0.3 is 11.9 Å². The smallest absolute Gasteiger partial charge is 0.417 e. The van der Waals surface area contributed by atoms with Crippen molar-refractivity contribution in [2.24, 2.45) is 0 Å². The summed E-state index contributed by atoms with van der Waals surface area (Å²) >= 11 is 5.68. The Hall–Kier alpha value is -2.53. The normalized spacial score (nSPS) is 12.0. The number of halogens is 4. The maximum Gasteiger partial charge on any atom is 0.417 e. The number of rotatable bonds is 4. The van der Waals surface area contributed by atoms with Gasteiger partial charge in [-0.2, -0.15) is 13.2 Å². The van der Waals surface area contributed by atoms with Crippen molar-refractivity contribution in [1.82, 2.24) is 0 Å². The predicted molar refractivity (Wildman–Crippen MR) is 83.2 cm³/mol. The van der Waals surface area contributed by atoms with Crippen molar-refractivity contribution < 1.29 is 36.4 Å². The Morgan fingerprint density at radius 1 is 1.27 bits per heavy atom. The predicted octanol–water partition coefficient (Wildman–Crippen LogP) is 3.81. The lowest BCUT2D eigenvalue weighted by atomic mass is 10.2. The molecular formula is C14H9ClF3NO6S. The number of sulfone groups is 1. The van der Waals surface area contributed by atoms with Crippen LogP contribution in [0.1, 0.15) is 5.56 Å². The van der Waals surface area contributed by atoms with Gasteiger partial charge in [0.05, 0.1) is 27.5 Å². The highest BCUT2D eigenvalue weighted by Crippen LogP contribution is 2.43. The topological polar surface area (TPSA) is 107 Å². The molecule has 0 bridgehead atoms. The van der Waals surface area contributed by atoms with E-state index in [0.29, 0.717) is 18.2 Å². The van der Waals surface area contributed by atoms with E-state index in [1.807, 2.05) is 0 Å². The van der Waals surface area contributed by atoms with Gasteiger partial charge in [0, 0.05) is 12.1 Å². The molecule has 0 aliphatic rings. The van der Waals surface area contributed by atoms with Crippen LogP contribution >= 0.6 is 11.6 Å². The second-order valence-electron chi connectivity index (χ2n) is 4.87. The fraction of sp³-hybridized carbons (Fsp3) is 0.143. The molecule has 0 fully saturated rings. The third kappa shape index (κ3) is 3.40. The van der Waals surface area contributed by atoms with Gasteiger partial charge in [-0.15, -0.1) is 0 Å². The van der Waals surface area contributed by atoms with Crippen LogP contribution in [0.2, 0.25) is 5.02 Å². The molecule has 0 aromatic heterocycles. The number of aromatic hydroxyl groups is 1. The van der Waals surface area contributed by atoms with Gasteiger partial charge < -0.3 is 9.84 Å². The van der Waals surface area contributed by atoms with Crippen molar-refractivity contribution in [3.63, 3.8) is 0 Å². The molecule has 0 saturated heterocycles. The van der Waals surface area contributed by atoms with Crippen molar-refractivity contribution in [2.75, 3.05) is 7.11 Å². The maximum atomic E-state index is 13.2. The molecule has 0 radical (unpaired) electrons. The molecule has 0 spiro atoms. The average molecular weight is 412 g/mol. The van der Waals surface area contributed by atoms with Gasteiger partial charge in [-0.25, -0.2) is 8.42 Å². The lowest BCUT2D eigenvalue weighted by Gasteiger charge is -2.15. The van der Waals surface area contributed by atoms with E-state index in [4.69, 9.17) is 11.6 Å². The van der Waals surface area contributed by atoms with Crippen molar-refractivity contribution in [3.05, 3.63) is 51.0 Å². The number of phenolic OH excluding ortho intramolecular Hbond substituents is 1. The molecule has 0 saturated carbocycles. The standard InChI is InChI=1S/C14H9ClF3NO6S/c1-25-11-6-7(5-10(12(11)20)19(21)22)26(23,24)13-8(14(16,17)18)3-2-4-9(13)15/h2-6,20H,1H3. The molecule has 0 aliphatic carbocycles. The molecule has 0 unspecified atom stereocenters. The van der Waals surface area contributed by atoms with Gasteiger partial charge in [0.15, 0.2) is 5.75 Å². The molecule has 0 amide bonds. The monoisotopic (exact) mass is 411 g/mol. The van der Waals surface area contributed by atoms with E-state index in [2.05, 4.69) is 4.74 Å². The largest absolute Gasteiger partial charge is 0.500 e. The highest BCUT2D eigenvalue weighted by atomic mass is 35.5. The number of nitro groups is 1. The van der Waals surface area contributed by atoms with E-state index in [9.17, 15) is 36.8 Å². The Kier molecular flexibility index (Phi) is 5.06. The lowest BCUT2D eigenvalue weighted by molar-refractivity contribution is -0.386. The Bertz CT molecular complexity index is 991. The fourth-order valence-electron chi connectivity index (χ4n) is 2.14. The summed E-state index contributed by atoms with van der Waals surface area (Å²) in [6.45, 7) is 0. The first-order valence-corrected chi connectivity index (χ1v) is 8.43. The molecule has 0 atom stereocenters. The molecule has 2 aromatic carbocycles. The molecular weight excluding hydrogens is 403 g/mol. The van der Waals surface area contributed by atoms with E-state index >= 15 is 0 Å². The van der Waals surface area contributed by atoms with Crippen LogP contribution in [0, 0.1) is 10.1 Å². The summed E-state index contributed by atoms with van der Waals surface area (Å²) in [5, 5.41) is 20.0. The number of phenols is 1. The van der Waals surface area contributed by atoms with Crippen molar-refractivity contribution in [3.8, 4) is 11.5 Å². The third-order valence-corrected chi connectivity index (χ3v) is 5.56. The number of benzene rings is 2. The summed E-state index contributed by atoms with van der Waals surface area (Å²) in [5.74, 6) is -1.56. The highest BCUT2D eigenvalue weighted by molar-refractivity contribution is 7.91. The first-order chi connectivity index (χ1) is 11.9. The third-order valence-electron chi connectivity index (χ3n) is 3.30. The highest BCUT2D eigenvalue weighted by Gasteiger charge is 2.40. The lowest BCUT2D eigenvalue weighted by Crippen LogP contribution is -2.14.